The van der Waals surface area contributed by atoms with E-state index in [0.29, 0.717) is 12.3 Å². The molecule has 0 aliphatic rings. The van der Waals surface area contributed by atoms with E-state index in [1.54, 1.807) is 19.2 Å². The van der Waals surface area contributed by atoms with Gasteiger partial charge in [0.15, 0.2) is 5.96 Å². The average molecular weight is 355 g/mol. The van der Waals surface area contributed by atoms with Gasteiger partial charge < -0.3 is 20.5 Å². The van der Waals surface area contributed by atoms with Crippen LogP contribution < -0.4 is 15.4 Å². The molecule has 0 saturated heterocycles. The Kier molecular flexibility index (Phi) is 7.80. The van der Waals surface area contributed by atoms with E-state index in [9.17, 15) is 5.11 Å². The van der Waals surface area contributed by atoms with Gasteiger partial charge in [-0.25, -0.2) is 4.99 Å². The number of methoxy groups -OCH3 is 1. The summed E-state index contributed by atoms with van der Waals surface area (Å²) in [5.41, 5.74) is 3.46. The van der Waals surface area contributed by atoms with Gasteiger partial charge in [-0.15, -0.1) is 0 Å². The first kappa shape index (κ1) is 19.6. The summed E-state index contributed by atoms with van der Waals surface area (Å²) in [4.78, 5) is 4.66. The van der Waals surface area contributed by atoms with E-state index in [2.05, 4.69) is 41.6 Å². The first-order valence-electron chi connectivity index (χ1n) is 9.06. The molecule has 3 N–H and O–H groups in total. The maximum absolute atomic E-state index is 9.32. The van der Waals surface area contributed by atoms with Crippen LogP contribution in [0.25, 0.3) is 0 Å². The van der Waals surface area contributed by atoms with Gasteiger partial charge in [0.1, 0.15) is 11.5 Å². The molecular weight excluding hydrogens is 326 g/mol. The number of ether oxygens (including phenoxy) is 1. The van der Waals surface area contributed by atoms with E-state index in [0.717, 1.165) is 43.2 Å². The molecule has 2 aromatic rings. The zero-order valence-electron chi connectivity index (χ0n) is 15.9. The standard InChI is InChI=1S/C21H29N3O2/c1-4-22-21(23-13-5-6-17-8-11-19(25)12-9-17)24-15-18-10-7-16(2)14-20(18)26-3/h7-12,14,25H,4-6,13,15H2,1-3H3,(H2,22,23,24). The Balaban J connectivity index is 1.87. The van der Waals surface area contributed by atoms with Crippen molar-refractivity contribution in [3.05, 3.63) is 59.2 Å². The molecule has 2 aromatic carbocycles. The molecule has 0 saturated carbocycles. The van der Waals surface area contributed by atoms with Gasteiger partial charge in [0, 0.05) is 18.7 Å². The number of aromatic hydroxyl groups is 1. The van der Waals surface area contributed by atoms with Crippen molar-refractivity contribution in [1.82, 2.24) is 10.6 Å². The fourth-order valence-corrected chi connectivity index (χ4v) is 2.65. The molecule has 0 radical (unpaired) electrons. The van der Waals surface area contributed by atoms with Gasteiger partial charge in [-0.05, 0) is 56.0 Å². The number of phenolic OH excluding ortho intramolecular Hbond substituents is 1. The van der Waals surface area contributed by atoms with E-state index < -0.39 is 0 Å². The molecule has 0 aliphatic heterocycles. The van der Waals surface area contributed by atoms with Gasteiger partial charge in [-0.3, -0.25) is 0 Å². The van der Waals surface area contributed by atoms with Crippen molar-refractivity contribution < 1.29 is 9.84 Å². The molecule has 5 nitrogen and oxygen atoms in total. The van der Waals surface area contributed by atoms with Crippen LogP contribution in [0, 0.1) is 6.92 Å². The second-order valence-electron chi connectivity index (χ2n) is 6.21. The van der Waals surface area contributed by atoms with E-state index in [-0.39, 0.29) is 0 Å². The predicted molar refractivity (Wildman–Crippen MR) is 107 cm³/mol. The van der Waals surface area contributed by atoms with Crippen LogP contribution in [-0.4, -0.2) is 31.3 Å². The van der Waals surface area contributed by atoms with Gasteiger partial charge in [0.2, 0.25) is 0 Å². The molecule has 0 fully saturated rings. The lowest BCUT2D eigenvalue weighted by atomic mass is 10.1. The minimum Gasteiger partial charge on any atom is -0.508 e. The third kappa shape index (κ3) is 6.31. The summed E-state index contributed by atoms with van der Waals surface area (Å²) in [5, 5.41) is 16.0. The summed E-state index contributed by atoms with van der Waals surface area (Å²) >= 11 is 0. The molecule has 5 heteroatoms. The van der Waals surface area contributed by atoms with Gasteiger partial charge in [0.25, 0.3) is 0 Å². The normalized spacial score (nSPS) is 11.3. The summed E-state index contributed by atoms with van der Waals surface area (Å²) in [6, 6.07) is 13.5. The number of hydrogen-bond acceptors (Lipinski definition) is 3. The summed E-state index contributed by atoms with van der Waals surface area (Å²) in [6.07, 6.45) is 1.95. The lowest BCUT2D eigenvalue weighted by molar-refractivity contribution is 0.409. The highest BCUT2D eigenvalue weighted by atomic mass is 16.5. The van der Waals surface area contributed by atoms with E-state index >= 15 is 0 Å². The molecule has 0 heterocycles. The number of rotatable bonds is 8. The Labute approximate surface area is 156 Å². The van der Waals surface area contributed by atoms with Crippen molar-refractivity contribution in [1.29, 1.82) is 0 Å². The summed E-state index contributed by atoms with van der Waals surface area (Å²) in [6.45, 7) is 6.32. The van der Waals surface area contributed by atoms with Crippen molar-refractivity contribution in [2.75, 3.05) is 20.2 Å². The van der Waals surface area contributed by atoms with E-state index in [1.165, 1.54) is 11.1 Å². The average Bonchev–Trinajstić information content (AvgIpc) is 2.65. The molecule has 0 unspecified atom stereocenters. The van der Waals surface area contributed by atoms with Crippen LogP contribution in [0.4, 0.5) is 0 Å². The van der Waals surface area contributed by atoms with Crippen molar-refractivity contribution in [3.8, 4) is 11.5 Å². The fourth-order valence-electron chi connectivity index (χ4n) is 2.65. The molecular formula is C21H29N3O2. The Hall–Kier alpha value is -2.69. The Morgan fingerprint density at radius 3 is 2.58 bits per heavy atom. The van der Waals surface area contributed by atoms with Crippen LogP contribution in [0.2, 0.25) is 0 Å². The first-order chi connectivity index (χ1) is 12.6. The molecule has 140 valence electrons. The zero-order chi connectivity index (χ0) is 18.8. The number of benzene rings is 2. The quantitative estimate of drug-likeness (QED) is 0.386. The minimum atomic E-state index is 0.306. The number of phenols is 1. The Bertz CT molecular complexity index is 712. The zero-order valence-corrected chi connectivity index (χ0v) is 15.9. The topological polar surface area (TPSA) is 65.9 Å². The Morgan fingerprint density at radius 2 is 1.88 bits per heavy atom. The van der Waals surface area contributed by atoms with Gasteiger partial charge in [-0.2, -0.15) is 0 Å². The van der Waals surface area contributed by atoms with Crippen LogP contribution in [0.5, 0.6) is 11.5 Å². The number of guanidine groups is 1. The lowest BCUT2D eigenvalue weighted by Crippen LogP contribution is -2.37. The van der Waals surface area contributed by atoms with Crippen LogP contribution in [0.15, 0.2) is 47.5 Å². The highest BCUT2D eigenvalue weighted by Crippen LogP contribution is 2.20. The fraction of sp³-hybridized carbons (Fsp3) is 0.381. The van der Waals surface area contributed by atoms with Crippen molar-refractivity contribution in [3.63, 3.8) is 0 Å². The number of nitrogens with one attached hydrogen (secondary N) is 2. The minimum absolute atomic E-state index is 0.306. The first-order valence-corrected chi connectivity index (χ1v) is 9.06. The van der Waals surface area contributed by atoms with Crippen molar-refractivity contribution >= 4 is 5.96 Å². The number of hydrogen-bond donors (Lipinski definition) is 3. The molecule has 0 bridgehead atoms. The third-order valence-corrected chi connectivity index (χ3v) is 4.07. The number of nitrogens with zero attached hydrogens (tertiary/aromatic N) is 1. The van der Waals surface area contributed by atoms with Crippen LogP contribution in [0.1, 0.15) is 30.0 Å². The summed E-state index contributed by atoms with van der Waals surface area (Å²) in [5.74, 6) is 1.98. The monoisotopic (exact) mass is 355 g/mol. The number of aliphatic imine (C=N–C) groups is 1. The summed E-state index contributed by atoms with van der Waals surface area (Å²) in [7, 11) is 1.69. The molecule has 0 aliphatic carbocycles. The van der Waals surface area contributed by atoms with Gasteiger partial charge in [-0.1, -0.05) is 24.3 Å². The van der Waals surface area contributed by atoms with Crippen molar-refractivity contribution in [2.24, 2.45) is 4.99 Å². The van der Waals surface area contributed by atoms with Crippen LogP contribution >= 0.6 is 0 Å². The highest BCUT2D eigenvalue weighted by molar-refractivity contribution is 5.79. The maximum atomic E-state index is 9.32. The maximum Gasteiger partial charge on any atom is 0.191 e. The second kappa shape index (κ2) is 10.3. The smallest absolute Gasteiger partial charge is 0.191 e. The van der Waals surface area contributed by atoms with Crippen LogP contribution in [-0.2, 0) is 13.0 Å². The predicted octanol–water partition coefficient (Wildman–Crippen LogP) is 3.40. The third-order valence-electron chi connectivity index (χ3n) is 4.07. The largest absolute Gasteiger partial charge is 0.508 e. The summed E-state index contributed by atoms with van der Waals surface area (Å²) < 4.78 is 5.45. The van der Waals surface area contributed by atoms with E-state index in [1.807, 2.05) is 18.2 Å². The molecule has 2 rings (SSSR count). The molecule has 0 atom stereocenters. The second-order valence-corrected chi connectivity index (χ2v) is 6.21. The highest BCUT2D eigenvalue weighted by Gasteiger charge is 2.04. The molecule has 0 aromatic heterocycles. The lowest BCUT2D eigenvalue weighted by Gasteiger charge is -2.12. The van der Waals surface area contributed by atoms with E-state index in [4.69, 9.17) is 4.74 Å². The SMILES string of the molecule is CCNC(=NCc1ccc(C)cc1OC)NCCCc1ccc(O)cc1. The number of aryl methyl sites for hydroxylation is 2. The van der Waals surface area contributed by atoms with Crippen LogP contribution in [0.3, 0.4) is 0 Å². The van der Waals surface area contributed by atoms with Gasteiger partial charge in [0.05, 0.1) is 13.7 Å². The van der Waals surface area contributed by atoms with Gasteiger partial charge >= 0.3 is 0 Å². The Morgan fingerprint density at radius 1 is 1.12 bits per heavy atom. The molecule has 26 heavy (non-hydrogen) atoms. The van der Waals surface area contributed by atoms with Crippen molar-refractivity contribution in [2.45, 2.75) is 33.2 Å². The molecule has 0 amide bonds. The molecule has 0 spiro atoms.